The zero-order valence-electron chi connectivity index (χ0n) is 12.0. The summed E-state index contributed by atoms with van der Waals surface area (Å²) in [6, 6.07) is 1.45. The average Bonchev–Trinajstić information content (AvgIpc) is 3.04. The van der Waals surface area contributed by atoms with Gasteiger partial charge in [0.1, 0.15) is 0 Å². The third-order valence-corrected chi connectivity index (χ3v) is 6.05. The molecule has 0 radical (unpaired) electrons. The summed E-state index contributed by atoms with van der Waals surface area (Å²) >= 11 is 2.14. The van der Waals surface area contributed by atoms with E-state index in [0.29, 0.717) is 6.04 Å². The molecule has 1 spiro atoms. The summed E-state index contributed by atoms with van der Waals surface area (Å²) in [5, 5.41) is 4.79. The van der Waals surface area contributed by atoms with Gasteiger partial charge in [-0.1, -0.05) is 6.92 Å². The van der Waals surface area contributed by atoms with Crippen molar-refractivity contribution >= 4 is 11.8 Å². The van der Waals surface area contributed by atoms with Crippen molar-refractivity contribution in [1.29, 1.82) is 0 Å². The summed E-state index contributed by atoms with van der Waals surface area (Å²) in [7, 11) is 0. The molecule has 2 atom stereocenters. The van der Waals surface area contributed by atoms with Gasteiger partial charge in [0.2, 0.25) is 0 Å². The van der Waals surface area contributed by atoms with Crippen LogP contribution in [0.1, 0.15) is 51.9 Å². The van der Waals surface area contributed by atoms with Crippen molar-refractivity contribution in [2.75, 3.05) is 19.0 Å². The molecule has 3 rings (SSSR count). The zero-order chi connectivity index (χ0) is 13.1. The molecule has 0 aromatic rings. The van der Waals surface area contributed by atoms with Gasteiger partial charge in [-0.25, -0.2) is 0 Å². The van der Waals surface area contributed by atoms with Crippen LogP contribution in [0.25, 0.3) is 0 Å². The van der Waals surface area contributed by atoms with Gasteiger partial charge in [0.25, 0.3) is 0 Å². The second kappa shape index (κ2) is 6.33. The highest BCUT2D eigenvalue weighted by Gasteiger charge is 2.40. The van der Waals surface area contributed by atoms with Gasteiger partial charge < -0.3 is 14.8 Å². The molecule has 3 fully saturated rings. The Bertz CT molecular complexity index is 284. The predicted octanol–water partition coefficient (Wildman–Crippen LogP) is 2.94. The quantitative estimate of drug-likeness (QED) is 0.860. The van der Waals surface area contributed by atoms with Gasteiger partial charge in [0.15, 0.2) is 5.79 Å². The fraction of sp³-hybridized carbons (Fsp3) is 1.00. The van der Waals surface area contributed by atoms with Crippen molar-refractivity contribution in [2.45, 2.75) is 75.0 Å². The van der Waals surface area contributed by atoms with Crippen molar-refractivity contribution in [1.82, 2.24) is 5.32 Å². The van der Waals surface area contributed by atoms with Crippen molar-refractivity contribution in [3.63, 3.8) is 0 Å². The maximum atomic E-state index is 5.80. The minimum atomic E-state index is -0.200. The summed E-state index contributed by atoms with van der Waals surface area (Å²) in [6.45, 7) is 3.85. The van der Waals surface area contributed by atoms with Gasteiger partial charge in [-0.15, -0.1) is 0 Å². The molecule has 0 unspecified atom stereocenters. The average molecular weight is 285 g/mol. The van der Waals surface area contributed by atoms with Crippen LogP contribution in [0.4, 0.5) is 0 Å². The highest BCUT2D eigenvalue weighted by atomic mass is 32.2. The number of thioether (sulfide) groups is 1. The van der Waals surface area contributed by atoms with Crippen LogP contribution in [0, 0.1) is 0 Å². The van der Waals surface area contributed by atoms with Gasteiger partial charge in [-0.2, -0.15) is 11.8 Å². The molecule has 0 bridgehead atoms. The molecule has 0 aromatic heterocycles. The maximum absolute atomic E-state index is 5.80. The topological polar surface area (TPSA) is 30.5 Å². The third-order valence-electron chi connectivity index (χ3n) is 4.82. The molecular formula is C15H27NO2S. The highest BCUT2D eigenvalue weighted by molar-refractivity contribution is 7.99. The molecule has 0 amide bonds. The smallest absolute Gasteiger partial charge is 0.168 e. The molecule has 3 aliphatic rings. The second-order valence-corrected chi connectivity index (χ2v) is 7.71. The van der Waals surface area contributed by atoms with Gasteiger partial charge in [0.05, 0.1) is 13.2 Å². The van der Waals surface area contributed by atoms with Crippen molar-refractivity contribution in [2.24, 2.45) is 0 Å². The lowest BCUT2D eigenvalue weighted by Crippen LogP contribution is -2.45. The van der Waals surface area contributed by atoms with Crippen molar-refractivity contribution < 1.29 is 9.47 Å². The van der Waals surface area contributed by atoms with E-state index in [0.717, 1.165) is 37.3 Å². The predicted molar refractivity (Wildman–Crippen MR) is 79.6 cm³/mol. The fourth-order valence-electron chi connectivity index (χ4n) is 3.82. The largest absolute Gasteiger partial charge is 0.348 e. The highest BCUT2D eigenvalue weighted by Crippen LogP contribution is 2.37. The first-order chi connectivity index (χ1) is 9.30. The summed E-state index contributed by atoms with van der Waals surface area (Å²) in [4.78, 5) is 0. The van der Waals surface area contributed by atoms with Crippen LogP contribution in [-0.4, -0.2) is 42.1 Å². The third kappa shape index (κ3) is 3.46. The van der Waals surface area contributed by atoms with E-state index in [9.17, 15) is 0 Å². The molecule has 19 heavy (non-hydrogen) atoms. The summed E-state index contributed by atoms with van der Waals surface area (Å²) in [5.41, 5.74) is 0. The second-order valence-electron chi connectivity index (χ2n) is 6.14. The van der Waals surface area contributed by atoms with Gasteiger partial charge in [0, 0.05) is 30.2 Å². The molecule has 1 aliphatic heterocycles. The number of nitrogens with one attached hydrogen (secondary N) is 1. The van der Waals surface area contributed by atoms with Gasteiger partial charge in [-0.3, -0.25) is 0 Å². The first kappa shape index (κ1) is 14.2. The monoisotopic (exact) mass is 285 g/mol. The fourth-order valence-corrected chi connectivity index (χ4v) is 4.96. The number of hydrogen-bond acceptors (Lipinski definition) is 4. The van der Waals surface area contributed by atoms with Crippen LogP contribution < -0.4 is 5.32 Å². The van der Waals surface area contributed by atoms with Crippen LogP contribution in [0.2, 0.25) is 0 Å². The van der Waals surface area contributed by atoms with Crippen molar-refractivity contribution in [3.8, 4) is 0 Å². The van der Waals surface area contributed by atoms with E-state index in [2.05, 4.69) is 24.0 Å². The summed E-state index contributed by atoms with van der Waals surface area (Å²) in [6.07, 6.45) is 8.71. The number of rotatable bonds is 4. The van der Waals surface area contributed by atoms with Crippen LogP contribution >= 0.6 is 11.8 Å². The van der Waals surface area contributed by atoms with Crippen LogP contribution in [0.15, 0.2) is 0 Å². The van der Waals surface area contributed by atoms with Crippen LogP contribution in [0.5, 0.6) is 0 Å². The molecule has 110 valence electrons. The normalized spacial score (nSPS) is 35.2. The Morgan fingerprint density at radius 1 is 1.05 bits per heavy atom. The van der Waals surface area contributed by atoms with E-state index in [-0.39, 0.29) is 5.79 Å². The first-order valence-corrected chi connectivity index (χ1v) is 9.00. The number of ether oxygens (including phenoxy) is 2. The van der Waals surface area contributed by atoms with E-state index >= 15 is 0 Å². The Morgan fingerprint density at radius 2 is 1.79 bits per heavy atom. The lowest BCUT2D eigenvalue weighted by atomic mass is 9.89. The molecular weight excluding hydrogens is 258 g/mol. The molecule has 2 saturated carbocycles. The SMILES string of the molecule is CCS[C@H]1CC[C@H](NC2CCC3(CC2)OCCO3)C1. The van der Waals surface area contributed by atoms with E-state index in [1.54, 1.807) is 0 Å². The molecule has 0 aromatic carbocycles. The van der Waals surface area contributed by atoms with Gasteiger partial charge >= 0.3 is 0 Å². The van der Waals surface area contributed by atoms with Crippen LogP contribution in [0.3, 0.4) is 0 Å². The molecule has 2 aliphatic carbocycles. The van der Waals surface area contributed by atoms with Gasteiger partial charge in [-0.05, 0) is 37.9 Å². The first-order valence-electron chi connectivity index (χ1n) is 7.95. The maximum Gasteiger partial charge on any atom is 0.168 e. The Labute approximate surface area is 121 Å². The van der Waals surface area contributed by atoms with E-state index in [4.69, 9.17) is 9.47 Å². The van der Waals surface area contributed by atoms with E-state index < -0.39 is 0 Å². The molecule has 3 nitrogen and oxygen atoms in total. The molecule has 1 heterocycles. The minimum Gasteiger partial charge on any atom is -0.348 e. The standard InChI is InChI=1S/C15H27NO2S/c1-2-19-14-4-3-13(11-14)16-12-5-7-15(8-6-12)17-9-10-18-15/h12-14,16H,2-11H2,1H3/t13-,14-/m0/s1. The Hall–Kier alpha value is 0.230. The van der Waals surface area contributed by atoms with E-state index in [1.807, 2.05) is 0 Å². The summed E-state index contributed by atoms with van der Waals surface area (Å²) in [5.74, 6) is 1.06. The van der Waals surface area contributed by atoms with Crippen molar-refractivity contribution in [3.05, 3.63) is 0 Å². The lowest BCUT2D eigenvalue weighted by molar-refractivity contribution is -0.179. The number of hydrogen-bond donors (Lipinski definition) is 1. The van der Waals surface area contributed by atoms with E-state index in [1.165, 1.54) is 37.9 Å². The molecule has 1 N–H and O–H groups in total. The summed E-state index contributed by atoms with van der Waals surface area (Å²) < 4.78 is 11.6. The lowest BCUT2D eigenvalue weighted by Gasteiger charge is -2.36. The minimum absolute atomic E-state index is 0.200. The Balaban J connectivity index is 1.40. The van der Waals surface area contributed by atoms with Crippen LogP contribution in [-0.2, 0) is 9.47 Å². The zero-order valence-corrected chi connectivity index (χ0v) is 12.8. The Morgan fingerprint density at radius 3 is 2.47 bits per heavy atom. The molecule has 4 heteroatoms. The Kier molecular flexibility index (Phi) is 4.73. The molecule has 1 saturated heterocycles.